The second kappa shape index (κ2) is 9.27. The zero-order chi connectivity index (χ0) is 18.0. The molecule has 0 radical (unpaired) electrons. The third-order valence-corrected chi connectivity index (χ3v) is 5.48. The zero-order valence-electron chi connectivity index (χ0n) is 14.4. The smallest absolute Gasteiger partial charge is 0.254 e. The summed E-state index contributed by atoms with van der Waals surface area (Å²) in [7, 11) is 0. The minimum Gasteiger partial charge on any atom is -0.352 e. The van der Waals surface area contributed by atoms with Crippen molar-refractivity contribution in [3.8, 4) is 0 Å². The first-order valence-electron chi connectivity index (χ1n) is 8.77. The van der Waals surface area contributed by atoms with Crippen molar-refractivity contribution in [2.45, 2.75) is 56.7 Å². The topological polar surface area (TPSA) is 75.4 Å². The van der Waals surface area contributed by atoms with E-state index in [9.17, 15) is 9.59 Å². The van der Waals surface area contributed by atoms with Crippen LogP contribution in [-0.2, 0) is 4.79 Å². The van der Waals surface area contributed by atoms with E-state index in [1.807, 2.05) is 0 Å². The average Bonchev–Trinajstić information content (AvgIpc) is 3.05. The number of halogens is 3. The summed E-state index contributed by atoms with van der Waals surface area (Å²) >= 11 is 12.0. The predicted octanol–water partition coefficient (Wildman–Crippen LogP) is 3.41. The van der Waals surface area contributed by atoms with E-state index in [4.69, 9.17) is 28.9 Å². The summed E-state index contributed by atoms with van der Waals surface area (Å²) < 4.78 is 0. The average molecular weight is 421 g/mol. The molecule has 1 aliphatic heterocycles. The molecule has 1 heterocycles. The number of nitrogens with two attached hydrogens (primary N) is 1. The van der Waals surface area contributed by atoms with Crippen LogP contribution in [0.25, 0.3) is 0 Å². The molecule has 1 saturated carbocycles. The summed E-state index contributed by atoms with van der Waals surface area (Å²) in [5.41, 5.74) is 6.33. The fourth-order valence-corrected chi connectivity index (χ4v) is 4.21. The van der Waals surface area contributed by atoms with E-state index in [2.05, 4.69) is 5.32 Å². The summed E-state index contributed by atoms with van der Waals surface area (Å²) in [6, 6.07) is 4.73. The number of likely N-dealkylation sites (tertiary alicyclic amines) is 1. The Morgan fingerprint density at radius 1 is 1.04 bits per heavy atom. The van der Waals surface area contributed by atoms with Gasteiger partial charge in [-0.3, -0.25) is 9.59 Å². The van der Waals surface area contributed by atoms with Crippen LogP contribution in [-0.4, -0.2) is 41.4 Å². The molecule has 1 aromatic rings. The first-order chi connectivity index (χ1) is 11.9. The van der Waals surface area contributed by atoms with Crippen LogP contribution in [0.1, 0.15) is 48.9 Å². The molecule has 8 heteroatoms. The molecule has 2 aliphatic rings. The van der Waals surface area contributed by atoms with Gasteiger partial charge >= 0.3 is 0 Å². The Hall–Kier alpha value is -1.01. The Morgan fingerprint density at radius 3 is 2.27 bits per heavy atom. The van der Waals surface area contributed by atoms with Crippen molar-refractivity contribution in [1.82, 2.24) is 10.2 Å². The number of rotatable bonds is 3. The number of hydrogen-bond acceptors (Lipinski definition) is 3. The highest BCUT2D eigenvalue weighted by Crippen LogP contribution is 2.25. The van der Waals surface area contributed by atoms with Crippen molar-refractivity contribution < 1.29 is 9.59 Å². The molecular formula is C18H24Cl3N3O2. The van der Waals surface area contributed by atoms with Gasteiger partial charge in [0.2, 0.25) is 5.91 Å². The molecule has 144 valence electrons. The lowest BCUT2D eigenvalue weighted by atomic mass is 9.91. The summed E-state index contributed by atoms with van der Waals surface area (Å²) in [5, 5.41) is 3.92. The maximum Gasteiger partial charge on any atom is 0.254 e. The van der Waals surface area contributed by atoms with Crippen molar-refractivity contribution >= 4 is 47.4 Å². The lowest BCUT2D eigenvalue weighted by Gasteiger charge is -2.30. The van der Waals surface area contributed by atoms with E-state index in [1.54, 1.807) is 23.1 Å². The van der Waals surface area contributed by atoms with Crippen LogP contribution in [0.2, 0.25) is 10.0 Å². The Kier molecular flexibility index (Phi) is 7.59. The molecule has 1 aromatic carbocycles. The van der Waals surface area contributed by atoms with Crippen molar-refractivity contribution in [2.24, 2.45) is 5.73 Å². The Bertz CT molecular complexity index is 643. The van der Waals surface area contributed by atoms with Crippen molar-refractivity contribution in [2.75, 3.05) is 6.54 Å². The summed E-state index contributed by atoms with van der Waals surface area (Å²) in [4.78, 5) is 27.1. The molecule has 0 aromatic heterocycles. The van der Waals surface area contributed by atoms with E-state index in [0.29, 0.717) is 28.6 Å². The molecule has 3 rings (SSSR count). The standard InChI is InChI=1S/C18H23Cl2N3O2.ClH/c19-12-8-11(9-13(20)10-12)18(25)23-7-1-2-16(23)17(24)22-15-5-3-14(21)4-6-15;/h8-10,14-16H,1-7,21H2,(H,22,24);1H. The lowest BCUT2D eigenvalue weighted by Crippen LogP contribution is -2.50. The molecule has 1 unspecified atom stereocenters. The number of hydrogen-bond donors (Lipinski definition) is 2. The molecule has 5 nitrogen and oxygen atoms in total. The lowest BCUT2D eigenvalue weighted by molar-refractivity contribution is -0.125. The number of nitrogens with one attached hydrogen (secondary N) is 1. The molecule has 0 spiro atoms. The second-order valence-corrected chi connectivity index (χ2v) is 7.81. The number of amides is 2. The quantitative estimate of drug-likeness (QED) is 0.787. The van der Waals surface area contributed by atoms with Gasteiger partial charge in [0.25, 0.3) is 5.91 Å². The first kappa shape index (κ1) is 21.3. The van der Waals surface area contributed by atoms with E-state index in [1.165, 1.54) is 0 Å². The number of carbonyl (C=O) groups excluding carboxylic acids is 2. The van der Waals surface area contributed by atoms with Gasteiger partial charge in [0.15, 0.2) is 0 Å². The van der Waals surface area contributed by atoms with Crippen molar-refractivity contribution in [3.63, 3.8) is 0 Å². The summed E-state index contributed by atoms with van der Waals surface area (Å²) in [5.74, 6) is -0.271. The van der Waals surface area contributed by atoms with Gasteiger partial charge in [-0.25, -0.2) is 0 Å². The molecule has 0 bridgehead atoms. The monoisotopic (exact) mass is 419 g/mol. The van der Waals surface area contributed by atoms with E-state index in [-0.39, 0.29) is 36.3 Å². The minimum absolute atomic E-state index is 0. The molecule has 1 aliphatic carbocycles. The van der Waals surface area contributed by atoms with Crippen LogP contribution in [0.3, 0.4) is 0 Å². The molecule has 2 amide bonds. The van der Waals surface area contributed by atoms with Gasteiger partial charge in [-0.1, -0.05) is 23.2 Å². The van der Waals surface area contributed by atoms with Gasteiger partial charge < -0.3 is 16.0 Å². The van der Waals surface area contributed by atoms with Crippen molar-refractivity contribution in [1.29, 1.82) is 0 Å². The Labute approximate surface area is 170 Å². The van der Waals surface area contributed by atoms with Crippen LogP contribution in [0, 0.1) is 0 Å². The zero-order valence-corrected chi connectivity index (χ0v) is 16.7. The normalized spacial score (nSPS) is 25.5. The fourth-order valence-electron chi connectivity index (χ4n) is 3.69. The van der Waals surface area contributed by atoms with Crippen LogP contribution in [0.4, 0.5) is 0 Å². The van der Waals surface area contributed by atoms with Crippen LogP contribution < -0.4 is 11.1 Å². The van der Waals surface area contributed by atoms with Crippen LogP contribution >= 0.6 is 35.6 Å². The summed E-state index contributed by atoms with van der Waals surface area (Å²) in [6.45, 7) is 0.566. The molecular weight excluding hydrogens is 397 g/mol. The first-order valence-corrected chi connectivity index (χ1v) is 9.52. The maximum atomic E-state index is 12.8. The highest BCUT2D eigenvalue weighted by Gasteiger charge is 2.35. The molecule has 3 N–H and O–H groups in total. The van der Waals surface area contributed by atoms with Crippen LogP contribution in [0.5, 0.6) is 0 Å². The van der Waals surface area contributed by atoms with E-state index >= 15 is 0 Å². The van der Waals surface area contributed by atoms with Gasteiger partial charge in [-0.15, -0.1) is 12.4 Å². The largest absolute Gasteiger partial charge is 0.352 e. The number of nitrogens with zero attached hydrogens (tertiary/aromatic N) is 1. The molecule has 1 saturated heterocycles. The highest BCUT2D eigenvalue weighted by molar-refractivity contribution is 6.35. The third-order valence-electron chi connectivity index (χ3n) is 5.04. The van der Waals surface area contributed by atoms with Gasteiger partial charge in [-0.05, 0) is 56.7 Å². The Morgan fingerprint density at radius 2 is 1.65 bits per heavy atom. The highest BCUT2D eigenvalue weighted by atomic mass is 35.5. The number of carbonyl (C=O) groups is 2. The second-order valence-electron chi connectivity index (χ2n) is 6.93. The van der Waals surface area contributed by atoms with Gasteiger partial charge in [0.05, 0.1) is 0 Å². The third kappa shape index (κ3) is 5.03. The van der Waals surface area contributed by atoms with E-state index in [0.717, 1.165) is 32.1 Å². The predicted molar refractivity (Wildman–Crippen MR) is 106 cm³/mol. The fraction of sp³-hybridized carbons (Fsp3) is 0.556. The molecule has 1 atom stereocenters. The van der Waals surface area contributed by atoms with Gasteiger partial charge in [-0.2, -0.15) is 0 Å². The number of benzene rings is 1. The van der Waals surface area contributed by atoms with E-state index < -0.39 is 6.04 Å². The SMILES string of the molecule is Cl.NC1CCC(NC(=O)C2CCCN2C(=O)c2cc(Cl)cc(Cl)c2)CC1. The van der Waals surface area contributed by atoms with Gasteiger partial charge in [0, 0.05) is 34.2 Å². The van der Waals surface area contributed by atoms with Gasteiger partial charge in [0.1, 0.15) is 6.04 Å². The minimum atomic E-state index is -0.430. The molecule has 2 fully saturated rings. The van der Waals surface area contributed by atoms with Crippen molar-refractivity contribution in [3.05, 3.63) is 33.8 Å². The maximum absolute atomic E-state index is 12.8. The molecule has 26 heavy (non-hydrogen) atoms. The van der Waals surface area contributed by atoms with Crippen LogP contribution in [0.15, 0.2) is 18.2 Å². The Balaban J connectivity index is 0.00000243. The summed E-state index contributed by atoms with van der Waals surface area (Å²) in [6.07, 6.45) is 5.15.